The van der Waals surface area contributed by atoms with Crippen LogP contribution >= 0.6 is 11.3 Å². The van der Waals surface area contributed by atoms with E-state index in [1.165, 1.54) is 66.3 Å². The number of nitrogens with one attached hydrogen (secondary N) is 2. The number of amides is 1. The average Bonchev–Trinajstić information content (AvgIpc) is 3.15. The molecule has 1 atom stereocenters. The second kappa shape index (κ2) is 10.9. The predicted octanol–water partition coefficient (Wildman–Crippen LogP) is 7.05. The van der Waals surface area contributed by atoms with E-state index in [-0.39, 0.29) is 11.9 Å². The van der Waals surface area contributed by atoms with Crippen molar-refractivity contribution in [2.75, 3.05) is 11.9 Å². The van der Waals surface area contributed by atoms with Crippen molar-refractivity contribution in [3.8, 4) is 0 Å². The number of pyridine rings is 1. The van der Waals surface area contributed by atoms with Crippen LogP contribution < -0.4 is 14.3 Å². The summed E-state index contributed by atoms with van der Waals surface area (Å²) in [7, 11) is 0. The molecule has 178 valence electrons. The van der Waals surface area contributed by atoms with Crippen molar-refractivity contribution >= 4 is 66.0 Å². The monoisotopic (exact) mass is 573 g/mol. The van der Waals surface area contributed by atoms with Gasteiger partial charge in [-0.15, -0.1) is 0 Å². The molecule has 3 heterocycles. The van der Waals surface area contributed by atoms with Gasteiger partial charge in [-0.2, -0.15) is 0 Å². The number of hydrogen-bond acceptors (Lipinski definition) is 4. The fraction of sp³-hybridized carbons (Fsp3) is 0.556. The number of benzene rings is 1. The molecule has 1 aliphatic rings. The first-order chi connectivity index (χ1) is 16.0. The number of rotatable bonds is 10. The van der Waals surface area contributed by atoms with Crippen molar-refractivity contribution in [2.24, 2.45) is 0 Å². The van der Waals surface area contributed by atoms with Crippen LogP contribution in [0.1, 0.15) is 75.9 Å². The number of nitrogens with zero attached hydrogens (tertiary/aromatic N) is 1. The minimum atomic E-state index is -2.58. The molecule has 0 bridgehead atoms. The van der Waals surface area contributed by atoms with E-state index in [0.29, 0.717) is 0 Å². The van der Waals surface area contributed by atoms with Gasteiger partial charge in [0.1, 0.15) is 0 Å². The number of thiophene rings is 1. The molecule has 1 amide bonds. The Bertz CT molecular complexity index is 1100. The molecule has 4 nitrogen and oxygen atoms in total. The molecule has 0 saturated heterocycles. The summed E-state index contributed by atoms with van der Waals surface area (Å²) in [5.41, 5.74) is 2.10. The second-order valence-corrected chi connectivity index (χ2v) is 24.0. The number of anilines is 1. The molecular formula is C27H39N3OSSn. The van der Waals surface area contributed by atoms with Crippen LogP contribution in [0, 0.1) is 0 Å². The number of unbranched alkanes of at least 4 members (excludes halogenated alkanes) is 3. The van der Waals surface area contributed by atoms with Crippen molar-refractivity contribution in [2.45, 2.75) is 85.6 Å². The van der Waals surface area contributed by atoms with Crippen LogP contribution in [0.2, 0.25) is 13.3 Å². The number of fused-ring (bicyclic) bond motifs is 5. The first-order valence-electron chi connectivity index (χ1n) is 12.9. The van der Waals surface area contributed by atoms with E-state index in [4.69, 9.17) is 4.98 Å². The average molecular weight is 572 g/mol. The molecule has 1 aromatic carbocycles. The van der Waals surface area contributed by atoms with E-state index in [2.05, 4.69) is 55.7 Å². The van der Waals surface area contributed by atoms with Gasteiger partial charge in [-0.3, -0.25) is 0 Å². The number of carbonyl (C=O) groups is 1. The Kier molecular flexibility index (Phi) is 8.21. The van der Waals surface area contributed by atoms with E-state index in [0.717, 1.165) is 27.3 Å². The Hall–Kier alpha value is -1.34. The van der Waals surface area contributed by atoms with Gasteiger partial charge in [0.05, 0.1) is 0 Å². The Balaban J connectivity index is 1.83. The van der Waals surface area contributed by atoms with Crippen molar-refractivity contribution < 1.29 is 4.79 Å². The fourth-order valence-corrected chi connectivity index (χ4v) is 21.8. The van der Waals surface area contributed by atoms with Crippen molar-refractivity contribution in [1.82, 2.24) is 10.3 Å². The Morgan fingerprint density at radius 2 is 1.67 bits per heavy atom. The molecule has 1 aliphatic heterocycles. The van der Waals surface area contributed by atoms with Gasteiger partial charge in [-0.05, 0) is 0 Å². The molecule has 0 radical (unpaired) electrons. The summed E-state index contributed by atoms with van der Waals surface area (Å²) in [6, 6.07) is 9.21. The molecule has 0 fully saturated rings. The molecule has 2 aromatic heterocycles. The molecule has 1 unspecified atom stereocenters. The first kappa shape index (κ1) is 24.8. The molecular weight excluding hydrogens is 533 g/mol. The predicted molar refractivity (Wildman–Crippen MR) is 147 cm³/mol. The molecule has 4 rings (SSSR count). The SMILES string of the molecule is CCC[CH2][Sn]([CH2]CCC)([CH2]CCC)[c]1ccc2c(ccc3sc4c(c32)NCC(C)NC4=O)n1. The van der Waals surface area contributed by atoms with Crippen LogP contribution in [0.25, 0.3) is 21.0 Å². The van der Waals surface area contributed by atoms with E-state index < -0.39 is 18.4 Å². The summed E-state index contributed by atoms with van der Waals surface area (Å²) in [6.45, 7) is 9.77. The summed E-state index contributed by atoms with van der Waals surface area (Å²) in [5.74, 6) is 0.0374. The summed E-state index contributed by atoms with van der Waals surface area (Å²) < 4.78 is 6.93. The molecule has 2 N–H and O–H groups in total. The maximum absolute atomic E-state index is 12.8. The van der Waals surface area contributed by atoms with Crippen LogP contribution in [0.3, 0.4) is 0 Å². The number of carbonyl (C=O) groups excluding carboxylic acids is 1. The van der Waals surface area contributed by atoms with Crippen molar-refractivity contribution in [3.05, 3.63) is 29.1 Å². The van der Waals surface area contributed by atoms with Crippen LogP contribution in [-0.4, -0.2) is 41.9 Å². The van der Waals surface area contributed by atoms with Crippen molar-refractivity contribution in [3.63, 3.8) is 0 Å². The molecule has 33 heavy (non-hydrogen) atoms. The Morgan fingerprint density at radius 3 is 2.30 bits per heavy atom. The van der Waals surface area contributed by atoms with Gasteiger partial charge in [-0.1, -0.05) is 0 Å². The van der Waals surface area contributed by atoms with E-state index in [1.54, 1.807) is 11.3 Å². The topological polar surface area (TPSA) is 54.0 Å². The van der Waals surface area contributed by atoms with Crippen LogP contribution in [0.15, 0.2) is 24.3 Å². The Labute approximate surface area is 206 Å². The first-order valence-corrected chi connectivity index (χ1v) is 21.2. The van der Waals surface area contributed by atoms with E-state index >= 15 is 0 Å². The standard InChI is InChI=1S/C15H12N3OS.3C4H9.Sn/c1-8-7-17-13-12-9-3-2-6-16-10(9)4-5-11(12)20-14(13)15(19)18-8;3*1-3-4-2;/h2-5,8,17H,7H2,1H3,(H,18,19);3*1,3-4H2,2H3;. The third kappa shape index (κ3) is 5.04. The summed E-state index contributed by atoms with van der Waals surface area (Å²) in [4.78, 5) is 19.0. The summed E-state index contributed by atoms with van der Waals surface area (Å²) >= 11 is -0.988. The van der Waals surface area contributed by atoms with Crippen LogP contribution in [0.4, 0.5) is 5.69 Å². The van der Waals surface area contributed by atoms with Gasteiger partial charge in [0.15, 0.2) is 0 Å². The number of aromatic nitrogens is 1. The zero-order valence-electron chi connectivity index (χ0n) is 20.7. The maximum atomic E-state index is 12.8. The van der Waals surface area contributed by atoms with Gasteiger partial charge in [0, 0.05) is 0 Å². The quantitative estimate of drug-likeness (QED) is 0.256. The summed E-state index contributed by atoms with van der Waals surface area (Å²) in [5, 5.41) is 9.02. The summed E-state index contributed by atoms with van der Waals surface area (Å²) in [6.07, 6.45) is 7.86. The van der Waals surface area contributed by atoms with Gasteiger partial charge in [0.25, 0.3) is 0 Å². The zero-order valence-corrected chi connectivity index (χ0v) is 24.4. The molecule has 6 heteroatoms. The van der Waals surface area contributed by atoms with Crippen LogP contribution in [-0.2, 0) is 0 Å². The Morgan fingerprint density at radius 1 is 1.00 bits per heavy atom. The molecule has 0 spiro atoms. The van der Waals surface area contributed by atoms with Crippen LogP contribution in [0.5, 0.6) is 0 Å². The van der Waals surface area contributed by atoms with Gasteiger partial charge in [-0.25, -0.2) is 0 Å². The third-order valence-electron chi connectivity index (χ3n) is 7.26. The van der Waals surface area contributed by atoms with Gasteiger partial charge < -0.3 is 0 Å². The van der Waals surface area contributed by atoms with E-state index in [1.807, 2.05) is 6.92 Å². The van der Waals surface area contributed by atoms with E-state index in [9.17, 15) is 4.79 Å². The minimum absolute atomic E-state index is 0.0374. The third-order valence-corrected chi connectivity index (χ3v) is 23.5. The second-order valence-electron chi connectivity index (χ2n) is 9.85. The van der Waals surface area contributed by atoms with Gasteiger partial charge >= 0.3 is 208 Å². The zero-order chi connectivity index (χ0) is 23.4. The fourth-order valence-electron chi connectivity index (χ4n) is 5.33. The number of hydrogen-bond donors (Lipinski definition) is 2. The normalized spacial score (nSPS) is 16.5. The van der Waals surface area contributed by atoms with Crippen molar-refractivity contribution in [1.29, 1.82) is 0 Å². The molecule has 3 aromatic rings. The molecule has 0 saturated carbocycles. The van der Waals surface area contributed by atoms with Gasteiger partial charge in [0.2, 0.25) is 0 Å². The molecule has 0 aliphatic carbocycles.